The van der Waals surface area contributed by atoms with Crippen molar-refractivity contribution in [3.8, 4) is 0 Å². The van der Waals surface area contributed by atoms with Crippen LogP contribution in [0.25, 0.3) is 0 Å². The average molecular weight is 410 g/mol. The van der Waals surface area contributed by atoms with E-state index in [4.69, 9.17) is 27.9 Å². The Labute approximate surface area is 170 Å². The van der Waals surface area contributed by atoms with Gasteiger partial charge in [-0.15, -0.1) is 0 Å². The van der Waals surface area contributed by atoms with Gasteiger partial charge in [-0.2, -0.15) is 0 Å². The van der Waals surface area contributed by atoms with Crippen LogP contribution in [0.5, 0.6) is 0 Å². The number of halogens is 2. The van der Waals surface area contributed by atoms with E-state index in [0.29, 0.717) is 26.9 Å². The summed E-state index contributed by atoms with van der Waals surface area (Å²) >= 11 is 12.5. The van der Waals surface area contributed by atoms with Crippen molar-refractivity contribution < 1.29 is 14.3 Å². The van der Waals surface area contributed by atoms with Crippen LogP contribution in [0.3, 0.4) is 0 Å². The number of hydrogen-bond acceptors (Lipinski definition) is 3. The molecule has 0 aromatic heterocycles. The lowest BCUT2D eigenvalue weighted by Gasteiger charge is -2.29. The molecule has 1 aliphatic carbocycles. The summed E-state index contributed by atoms with van der Waals surface area (Å²) in [5.74, 6) is -0.957. The highest BCUT2D eigenvalue weighted by atomic mass is 35.5. The molecule has 1 atom stereocenters. The monoisotopic (exact) mass is 409 g/mol. The van der Waals surface area contributed by atoms with E-state index in [1.165, 1.54) is 19.3 Å². The normalized spacial score (nSPS) is 22.0. The molecule has 0 spiro atoms. The zero-order valence-corrected chi connectivity index (χ0v) is 17.0. The minimum atomic E-state index is -0.453. The van der Waals surface area contributed by atoms with Crippen molar-refractivity contribution in [3.63, 3.8) is 0 Å². The van der Waals surface area contributed by atoms with E-state index in [-0.39, 0.29) is 24.4 Å². The van der Waals surface area contributed by atoms with Gasteiger partial charge in [0, 0.05) is 18.0 Å². The summed E-state index contributed by atoms with van der Waals surface area (Å²) in [5, 5.41) is 3.55. The predicted octanol–water partition coefficient (Wildman–Crippen LogP) is 5.53. The van der Waals surface area contributed by atoms with E-state index in [1.54, 1.807) is 19.1 Å². The summed E-state index contributed by atoms with van der Waals surface area (Å²) < 4.78 is 5.87. The molecule has 1 aromatic carbocycles. The van der Waals surface area contributed by atoms with Crippen LogP contribution in [-0.4, -0.2) is 18.0 Å². The zero-order valence-electron chi connectivity index (χ0n) is 15.5. The number of ether oxygens (including phenoxy) is 1. The van der Waals surface area contributed by atoms with Gasteiger partial charge in [-0.1, -0.05) is 54.6 Å². The van der Waals surface area contributed by atoms with Crippen molar-refractivity contribution in [2.75, 3.05) is 0 Å². The van der Waals surface area contributed by atoms with E-state index in [9.17, 15) is 9.59 Å². The molecule has 1 unspecified atom stereocenters. The molecule has 3 rings (SSSR count). The van der Waals surface area contributed by atoms with Crippen LogP contribution < -0.4 is 5.32 Å². The Kier molecular flexibility index (Phi) is 6.83. The van der Waals surface area contributed by atoms with Gasteiger partial charge in [-0.25, -0.2) is 4.79 Å². The first-order chi connectivity index (χ1) is 13.0. The molecule has 1 aromatic rings. The maximum absolute atomic E-state index is 13.1. The van der Waals surface area contributed by atoms with Gasteiger partial charge in [0.15, 0.2) is 0 Å². The molecule has 1 fully saturated rings. The van der Waals surface area contributed by atoms with Crippen LogP contribution in [-0.2, 0) is 14.3 Å². The van der Waals surface area contributed by atoms with Crippen molar-refractivity contribution in [2.45, 2.75) is 70.3 Å². The molecule has 0 radical (unpaired) electrons. The van der Waals surface area contributed by atoms with Crippen molar-refractivity contribution in [3.05, 3.63) is 45.1 Å². The fraction of sp³-hybridized carbons (Fsp3) is 0.524. The van der Waals surface area contributed by atoms with Gasteiger partial charge in [0.2, 0.25) is 5.91 Å². The fourth-order valence-corrected chi connectivity index (χ4v) is 4.42. The molecule has 1 heterocycles. The van der Waals surface area contributed by atoms with E-state index in [0.717, 1.165) is 25.7 Å². The van der Waals surface area contributed by atoms with Gasteiger partial charge in [-0.3, -0.25) is 4.79 Å². The average Bonchev–Trinajstić information content (AvgIpc) is 2.58. The Morgan fingerprint density at radius 2 is 1.78 bits per heavy atom. The number of amides is 1. The third-order valence-corrected chi connectivity index (χ3v) is 6.21. The third kappa shape index (κ3) is 4.85. The molecule has 1 amide bonds. The Morgan fingerprint density at radius 1 is 1.11 bits per heavy atom. The van der Waals surface area contributed by atoms with Crippen LogP contribution in [0, 0.1) is 0 Å². The SMILES string of the molecule is CC1=C(C(=O)OC2CCCCCCC2)C(c2cccc(Cl)c2Cl)CC(=O)N1. The summed E-state index contributed by atoms with van der Waals surface area (Å²) in [6, 6.07) is 5.29. The van der Waals surface area contributed by atoms with Gasteiger partial charge in [0.05, 0.1) is 15.6 Å². The number of hydrogen-bond donors (Lipinski definition) is 1. The fourth-order valence-electron chi connectivity index (χ4n) is 3.98. The predicted molar refractivity (Wildman–Crippen MR) is 107 cm³/mol. The van der Waals surface area contributed by atoms with Crippen molar-refractivity contribution in [1.29, 1.82) is 0 Å². The van der Waals surface area contributed by atoms with Crippen LogP contribution in [0.4, 0.5) is 0 Å². The molecule has 0 saturated heterocycles. The summed E-state index contributed by atoms with van der Waals surface area (Å²) in [6.45, 7) is 1.73. The number of rotatable bonds is 3. The molecule has 1 N–H and O–H groups in total. The highest BCUT2D eigenvalue weighted by Gasteiger charge is 2.35. The maximum Gasteiger partial charge on any atom is 0.336 e. The Bertz CT molecular complexity index is 752. The standard InChI is InChI=1S/C21H25Cl2NO3/c1-13-19(21(26)27-14-8-5-3-2-4-6-9-14)16(12-18(25)24-13)15-10-7-11-17(22)20(15)23/h7,10-11,14,16H,2-6,8-9,12H2,1H3,(H,24,25). The van der Waals surface area contributed by atoms with Gasteiger partial charge >= 0.3 is 5.97 Å². The molecule has 2 aliphatic rings. The number of allylic oxidation sites excluding steroid dienone is 1. The minimum Gasteiger partial charge on any atom is -0.459 e. The largest absolute Gasteiger partial charge is 0.459 e. The quantitative estimate of drug-likeness (QED) is 0.667. The first-order valence-electron chi connectivity index (χ1n) is 9.63. The Balaban J connectivity index is 1.87. The molecule has 0 bridgehead atoms. The lowest BCUT2D eigenvalue weighted by molar-refractivity contribution is -0.145. The highest BCUT2D eigenvalue weighted by Crippen LogP contribution is 2.39. The van der Waals surface area contributed by atoms with E-state index < -0.39 is 5.92 Å². The summed E-state index contributed by atoms with van der Waals surface area (Å²) in [5.41, 5.74) is 1.69. The van der Waals surface area contributed by atoms with E-state index in [1.807, 2.05) is 6.07 Å². The van der Waals surface area contributed by atoms with Gasteiger partial charge in [-0.05, 0) is 44.2 Å². The third-order valence-electron chi connectivity index (χ3n) is 5.37. The zero-order chi connectivity index (χ0) is 19.4. The molecule has 1 saturated carbocycles. The second-order valence-corrected chi connectivity index (χ2v) is 8.14. The van der Waals surface area contributed by atoms with Crippen molar-refractivity contribution >= 4 is 35.1 Å². The maximum atomic E-state index is 13.1. The molecular weight excluding hydrogens is 385 g/mol. The summed E-state index contributed by atoms with van der Waals surface area (Å²) in [6.07, 6.45) is 7.66. The van der Waals surface area contributed by atoms with Crippen LogP contribution >= 0.6 is 23.2 Å². The lowest BCUT2D eigenvalue weighted by Crippen LogP contribution is -2.35. The Hall–Kier alpha value is -1.52. The first kappa shape index (κ1) is 20.2. The number of benzene rings is 1. The van der Waals surface area contributed by atoms with Crippen LogP contribution in [0.2, 0.25) is 10.0 Å². The Morgan fingerprint density at radius 3 is 2.48 bits per heavy atom. The number of carbonyl (C=O) groups excluding carboxylic acids is 2. The second kappa shape index (κ2) is 9.11. The topological polar surface area (TPSA) is 55.4 Å². The molecule has 1 aliphatic heterocycles. The van der Waals surface area contributed by atoms with Gasteiger partial charge in [0.1, 0.15) is 6.10 Å². The van der Waals surface area contributed by atoms with Crippen molar-refractivity contribution in [1.82, 2.24) is 5.32 Å². The first-order valence-corrected chi connectivity index (χ1v) is 10.4. The summed E-state index contributed by atoms with van der Waals surface area (Å²) in [4.78, 5) is 25.2. The van der Waals surface area contributed by atoms with Gasteiger partial charge in [0.25, 0.3) is 0 Å². The molecule has 146 valence electrons. The van der Waals surface area contributed by atoms with Gasteiger partial charge < -0.3 is 10.1 Å². The summed E-state index contributed by atoms with van der Waals surface area (Å²) in [7, 11) is 0. The van der Waals surface area contributed by atoms with Crippen LogP contribution in [0.15, 0.2) is 29.5 Å². The van der Waals surface area contributed by atoms with Crippen molar-refractivity contribution in [2.24, 2.45) is 0 Å². The number of carbonyl (C=O) groups is 2. The highest BCUT2D eigenvalue weighted by molar-refractivity contribution is 6.42. The number of esters is 1. The smallest absolute Gasteiger partial charge is 0.336 e. The van der Waals surface area contributed by atoms with E-state index in [2.05, 4.69) is 5.32 Å². The second-order valence-electron chi connectivity index (χ2n) is 7.36. The minimum absolute atomic E-state index is 0.0637. The van der Waals surface area contributed by atoms with E-state index >= 15 is 0 Å². The lowest BCUT2D eigenvalue weighted by atomic mass is 9.84. The molecule has 6 heteroatoms. The molecule has 4 nitrogen and oxygen atoms in total. The molecular formula is C21H25Cl2NO3. The number of nitrogens with one attached hydrogen (secondary N) is 1. The van der Waals surface area contributed by atoms with Crippen LogP contribution in [0.1, 0.15) is 69.8 Å². The molecule has 27 heavy (non-hydrogen) atoms.